The number of nitrogens with one attached hydrogen (secondary N) is 1. The number of nitro groups is 2. The Bertz CT molecular complexity index is 1200. The Morgan fingerprint density at radius 3 is 2.48 bits per heavy atom. The second-order valence-electron chi connectivity index (χ2n) is 6.05. The van der Waals surface area contributed by atoms with Gasteiger partial charge in [-0.1, -0.05) is 34.1 Å². The molecule has 3 rings (SSSR count). The maximum Gasteiger partial charge on any atom is 0.318 e. The maximum atomic E-state index is 12.1. The first-order chi connectivity index (χ1) is 14.8. The monoisotopic (exact) mass is 484 g/mol. The van der Waals surface area contributed by atoms with Gasteiger partial charge < -0.3 is 4.74 Å². The van der Waals surface area contributed by atoms with Gasteiger partial charge in [-0.2, -0.15) is 5.10 Å². The minimum Gasteiger partial charge on any atom is -0.450 e. The number of nitrogens with zero attached hydrogens (tertiary/aromatic N) is 3. The number of benzene rings is 3. The molecule has 0 aliphatic heterocycles. The molecule has 0 radical (unpaired) electrons. The number of carbonyl (C=O) groups is 1. The highest BCUT2D eigenvalue weighted by Crippen LogP contribution is 2.34. The molecule has 0 heterocycles. The van der Waals surface area contributed by atoms with E-state index < -0.39 is 27.1 Å². The highest BCUT2D eigenvalue weighted by atomic mass is 79.9. The summed E-state index contributed by atoms with van der Waals surface area (Å²) >= 11 is 3.29. The smallest absolute Gasteiger partial charge is 0.318 e. The molecule has 156 valence electrons. The number of non-ortho nitro benzene ring substituents is 1. The van der Waals surface area contributed by atoms with E-state index in [1.807, 2.05) is 0 Å². The van der Waals surface area contributed by atoms with E-state index in [1.54, 1.807) is 48.5 Å². The van der Waals surface area contributed by atoms with Crippen molar-refractivity contribution in [1.29, 1.82) is 0 Å². The number of amides is 1. The molecule has 0 aliphatic rings. The molecule has 0 atom stereocenters. The van der Waals surface area contributed by atoms with Crippen LogP contribution in [0.3, 0.4) is 0 Å². The summed E-state index contributed by atoms with van der Waals surface area (Å²) in [6.45, 7) is 0. The Morgan fingerprint density at radius 1 is 1.00 bits per heavy atom. The van der Waals surface area contributed by atoms with Crippen LogP contribution in [-0.2, 0) is 0 Å². The van der Waals surface area contributed by atoms with Crippen molar-refractivity contribution in [2.24, 2.45) is 5.10 Å². The third-order valence-electron chi connectivity index (χ3n) is 3.90. The average Bonchev–Trinajstić information content (AvgIpc) is 2.74. The van der Waals surface area contributed by atoms with Gasteiger partial charge in [0.05, 0.1) is 22.1 Å². The number of carbonyl (C=O) groups excluding carboxylic acids is 1. The standard InChI is InChI=1S/C20H13BrN4O6/c21-15-5-2-4-14(10-15)20(26)23-22-12-13-3-1-6-17(9-13)31-19-8-7-16(24(27)28)11-18(19)25(29)30/h1-12H,(H,23,26)/b22-12-. The van der Waals surface area contributed by atoms with Gasteiger partial charge in [0.2, 0.25) is 5.75 Å². The van der Waals surface area contributed by atoms with Crippen LogP contribution in [0.15, 0.2) is 76.3 Å². The molecule has 0 spiro atoms. The number of hydrogen-bond donors (Lipinski definition) is 1. The van der Waals surface area contributed by atoms with Crippen molar-refractivity contribution >= 4 is 39.4 Å². The fourth-order valence-electron chi connectivity index (χ4n) is 2.49. The van der Waals surface area contributed by atoms with Crippen molar-refractivity contribution in [3.63, 3.8) is 0 Å². The average molecular weight is 485 g/mol. The molecule has 0 unspecified atom stereocenters. The lowest BCUT2D eigenvalue weighted by atomic mass is 10.2. The van der Waals surface area contributed by atoms with Gasteiger partial charge in [0, 0.05) is 16.1 Å². The van der Waals surface area contributed by atoms with Gasteiger partial charge in [-0.05, 0) is 42.0 Å². The molecular formula is C20H13BrN4O6. The van der Waals surface area contributed by atoms with Crippen LogP contribution in [0.4, 0.5) is 11.4 Å². The number of ether oxygens (including phenoxy) is 1. The zero-order valence-electron chi connectivity index (χ0n) is 15.6. The fourth-order valence-corrected chi connectivity index (χ4v) is 2.89. The van der Waals surface area contributed by atoms with Gasteiger partial charge in [-0.25, -0.2) is 5.43 Å². The highest BCUT2D eigenvalue weighted by Gasteiger charge is 2.21. The normalized spacial score (nSPS) is 10.6. The van der Waals surface area contributed by atoms with Crippen LogP contribution in [0, 0.1) is 20.2 Å². The Morgan fingerprint density at radius 2 is 1.77 bits per heavy atom. The Hall–Kier alpha value is -4.12. The first-order valence-electron chi connectivity index (χ1n) is 8.63. The molecule has 0 aliphatic carbocycles. The summed E-state index contributed by atoms with van der Waals surface area (Å²) < 4.78 is 6.30. The summed E-state index contributed by atoms with van der Waals surface area (Å²) in [5.41, 5.74) is 2.43. The van der Waals surface area contributed by atoms with Crippen LogP contribution in [0.1, 0.15) is 15.9 Å². The first kappa shape index (κ1) is 21.6. The number of halogens is 1. The lowest BCUT2D eigenvalue weighted by Crippen LogP contribution is -2.17. The van der Waals surface area contributed by atoms with Crippen LogP contribution < -0.4 is 10.2 Å². The zero-order chi connectivity index (χ0) is 22.4. The maximum absolute atomic E-state index is 12.1. The van der Waals surface area contributed by atoms with Crippen molar-refractivity contribution in [3.05, 3.63) is 103 Å². The van der Waals surface area contributed by atoms with Gasteiger partial charge in [0.25, 0.3) is 11.6 Å². The summed E-state index contributed by atoms with van der Waals surface area (Å²) in [4.78, 5) is 32.7. The summed E-state index contributed by atoms with van der Waals surface area (Å²) in [5, 5.41) is 26.0. The molecule has 3 aromatic carbocycles. The quantitative estimate of drug-likeness (QED) is 0.289. The second-order valence-corrected chi connectivity index (χ2v) is 6.97. The molecule has 0 saturated heterocycles. The van der Waals surface area contributed by atoms with Gasteiger partial charge in [0.15, 0.2) is 0 Å². The number of hydrogen-bond acceptors (Lipinski definition) is 7. The van der Waals surface area contributed by atoms with E-state index in [9.17, 15) is 25.0 Å². The zero-order valence-corrected chi connectivity index (χ0v) is 17.2. The number of hydrazone groups is 1. The van der Waals surface area contributed by atoms with E-state index in [0.717, 1.165) is 22.7 Å². The predicted octanol–water partition coefficient (Wildman–Crippen LogP) is 4.82. The van der Waals surface area contributed by atoms with E-state index in [1.165, 1.54) is 6.21 Å². The van der Waals surface area contributed by atoms with Crippen molar-refractivity contribution in [3.8, 4) is 11.5 Å². The van der Waals surface area contributed by atoms with E-state index in [2.05, 4.69) is 26.5 Å². The van der Waals surface area contributed by atoms with Crippen LogP contribution in [0.2, 0.25) is 0 Å². The van der Waals surface area contributed by atoms with Gasteiger partial charge in [0.1, 0.15) is 5.75 Å². The van der Waals surface area contributed by atoms with Crippen molar-refractivity contribution in [1.82, 2.24) is 5.43 Å². The van der Waals surface area contributed by atoms with Crippen molar-refractivity contribution in [2.45, 2.75) is 0 Å². The summed E-state index contributed by atoms with van der Waals surface area (Å²) in [6.07, 6.45) is 1.38. The van der Waals surface area contributed by atoms with Crippen LogP contribution >= 0.6 is 15.9 Å². The molecule has 10 nitrogen and oxygen atoms in total. The molecule has 31 heavy (non-hydrogen) atoms. The fraction of sp³-hybridized carbons (Fsp3) is 0. The molecule has 11 heteroatoms. The second kappa shape index (κ2) is 9.59. The van der Waals surface area contributed by atoms with Crippen LogP contribution in [-0.4, -0.2) is 22.0 Å². The molecular weight excluding hydrogens is 472 g/mol. The van der Waals surface area contributed by atoms with Crippen molar-refractivity contribution < 1.29 is 19.4 Å². The third kappa shape index (κ3) is 5.70. The minimum absolute atomic E-state index is 0.146. The molecule has 1 N–H and O–H groups in total. The third-order valence-corrected chi connectivity index (χ3v) is 4.40. The molecule has 1 amide bonds. The SMILES string of the molecule is O=C(N/N=C\c1cccc(Oc2ccc([N+](=O)[O-])cc2[N+](=O)[O-])c1)c1cccc(Br)c1. The van der Waals surface area contributed by atoms with Gasteiger partial charge in [-0.15, -0.1) is 0 Å². The van der Waals surface area contributed by atoms with Crippen LogP contribution in [0.25, 0.3) is 0 Å². The van der Waals surface area contributed by atoms with Crippen LogP contribution in [0.5, 0.6) is 11.5 Å². The minimum atomic E-state index is -0.759. The lowest BCUT2D eigenvalue weighted by Gasteiger charge is -2.07. The Kier molecular flexibility index (Phi) is 6.67. The molecule has 0 bridgehead atoms. The topological polar surface area (TPSA) is 137 Å². The van der Waals surface area contributed by atoms with Gasteiger partial charge in [-0.3, -0.25) is 25.0 Å². The number of rotatable bonds is 7. The highest BCUT2D eigenvalue weighted by molar-refractivity contribution is 9.10. The Balaban J connectivity index is 1.73. The van der Waals surface area contributed by atoms with E-state index in [4.69, 9.17) is 4.74 Å². The summed E-state index contributed by atoms with van der Waals surface area (Å²) in [7, 11) is 0. The predicted molar refractivity (Wildman–Crippen MR) is 115 cm³/mol. The Labute approximate surface area is 183 Å². The molecule has 0 fully saturated rings. The first-order valence-corrected chi connectivity index (χ1v) is 9.42. The molecule has 0 saturated carbocycles. The van der Waals surface area contributed by atoms with E-state index in [-0.39, 0.29) is 11.5 Å². The summed E-state index contributed by atoms with van der Waals surface area (Å²) in [5.74, 6) is -0.293. The van der Waals surface area contributed by atoms with Crippen molar-refractivity contribution in [2.75, 3.05) is 0 Å². The van der Waals surface area contributed by atoms with E-state index >= 15 is 0 Å². The molecule has 0 aromatic heterocycles. The largest absolute Gasteiger partial charge is 0.450 e. The van der Waals surface area contributed by atoms with E-state index in [0.29, 0.717) is 11.1 Å². The summed E-state index contributed by atoms with van der Waals surface area (Å²) in [6, 6.07) is 16.3. The molecule has 3 aromatic rings. The van der Waals surface area contributed by atoms with Gasteiger partial charge >= 0.3 is 5.69 Å². The lowest BCUT2D eigenvalue weighted by molar-refractivity contribution is -0.394. The number of nitro benzene ring substituents is 2.